The number of aliphatic hydroxyl groups is 3. The molecule has 3 rings (SSSR count). The van der Waals surface area contributed by atoms with Crippen molar-refractivity contribution < 1.29 is 58.2 Å². The molecule has 3 heterocycles. The molecule has 0 spiro atoms. The maximum Gasteiger partial charge on any atom is 0.410 e. The van der Waals surface area contributed by atoms with Crippen molar-refractivity contribution in [2.45, 2.75) is 135 Å². The SMILES string of the molecule is CCOC(=O)CN1CCN(C(=O)O[C@H]2/C=C\[C@H](C)[C@@H](/C(C)=C/C=C/[C@](C)(O)C[C@H]3O[C@@H]3[C@H](C)[C@@H](O)CC)OC(=O)C[C@H](O)CC[C@@]2(C)OC(C)=O)CC1. The summed E-state index contributed by atoms with van der Waals surface area (Å²) in [5.74, 6) is -2.03. The van der Waals surface area contributed by atoms with Crippen molar-refractivity contribution in [2.75, 3.05) is 39.3 Å². The zero-order valence-corrected chi connectivity index (χ0v) is 32.7. The van der Waals surface area contributed by atoms with Crippen LogP contribution in [-0.4, -0.2) is 136 Å². The third-order valence-electron chi connectivity index (χ3n) is 10.2. The van der Waals surface area contributed by atoms with E-state index in [9.17, 15) is 34.5 Å². The molecule has 10 atom stereocenters. The lowest BCUT2D eigenvalue weighted by Crippen LogP contribution is -2.52. The van der Waals surface area contributed by atoms with Crippen molar-refractivity contribution in [3.63, 3.8) is 0 Å². The molecule has 3 N–H and O–H groups in total. The van der Waals surface area contributed by atoms with Crippen LogP contribution in [0.25, 0.3) is 0 Å². The molecule has 0 aromatic heterocycles. The molecule has 0 aromatic carbocycles. The fourth-order valence-electron chi connectivity index (χ4n) is 6.89. The number of allylic oxidation sites excluding steroid dienone is 2. The highest BCUT2D eigenvalue weighted by Gasteiger charge is 2.47. The number of piperazine rings is 1. The molecule has 300 valence electrons. The van der Waals surface area contributed by atoms with Crippen LogP contribution in [0.1, 0.15) is 87.5 Å². The number of nitrogens with zero attached hydrogens (tertiary/aromatic N) is 2. The second kappa shape index (κ2) is 19.9. The number of carbonyl (C=O) groups excluding carboxylic acids is 4. The van der Waals surface area contributed by atoms with E-state index in [1.165, 1.54) is 11.8 Å². The minimum atomic E-state index is -1.38. The zero-order chi connectivity index (χ0) is 39.5. The number of rotatable bonds is 13. The molecule has 1 amide bonds. The lowest BCUT2D eigenvalue weighted by atomic mass is 9.88. The Morgan fingerprint density at radius 2 is 1.83 bits per heavy atom. The summed E-state index contributed by atoms with van der Waals surface area (Å²) in [7, 11) is 0. The number of esters is 3. The first-order chi connectivity index (χ1) is 24.9. The summed E-state index contributed by atoms with van der Waals surface area (Å²) >= 11 is 0. The van der Waals surface area contributed by atoms with Gasteiger partial charge in [0, 0.05) is 51.4 Å². The fraction of sp³-hybridized carbons (Fsp3) is 0.744. The predicted octanol–water partition coefficient (Wildman–Crippen LogP) is 3.46. The van der Waals surface area contributed by atoms with Gasteiger partial charge in [0.15, 0.2) is 6.10 Å². The van der Waals surface area contributed by atoms with Crippen LogP contribution < -0.4 is 0 Å². The predicted molar refractivity (Wildman–Crippen MR) is 195 cm³/mol. The van der Waals surface area contributed by atoms with Crippen LogP contribution in [0.2, 0.25) is 0 Å². The minimum Gasteiger partial charge on any atom is -0.465 e. The lowest BCUT2D eigenvalue weighted by molar-refractivity contribution is -0.168. The average molecular weight is 751 g/mol. The Kier molecular flexibility index (Phi) is 16.5. The van der Waals surface area contributed by atoms with E-state index in [-0.39, 0.29) is 49.9 Å². The Balaban J connectivity index is 1.80. The summed E-state index contributed by atoms with van der Waals surface area (Å²) in [5, 5.41) is 32.1. The summed E-state index contributed by atoms with van der Waals surface area (Å²) in [6.07, 6.45) is 4.97. The highest BCUT2D eigenvalue weighted by Crippen LogP contribution is 2.38. The lowest BCUT2D eigenvalue weighted by Gasteiger charge is -2.38. The first-order valence-electron chi connectivity index (χ1n) is 18.9. The Labute approximate surface area is 314 Å². The van der Waals surface area contributed by atoms with Crippen molar-refractivity contribution >= 4 is 24.0 Å². The topological polar surface area (TPSA) is 185 Å². The fourth-order valence-corrected chi connectivity index (χ4v) is 6.89. The Morgan fingerprint density at radius 1 is 1.15 bits per heavy atom. The number of ether oxygens (including phenoxy) is 5. The van der Waals surface area contributed by atoms with Gasteiger partial charge in [-0.2, -0.15) is 0 Å². The van der Waals surface area contributed by atoms with Gasteiger partial charge in [0.05, 0.1) is 49.6 Å². The van der Waals surface area contributed by atoms with Crippen LogP contribution in [0.15, 0.2) is 36.0 Å². The molecule has 14 nitrogen and oxygen atoms in total. The van der Waals surface area contributed by atoms with Crippen molar-refractivity contribution in [1.82, 2.24) is 9.80 Å². The number of carbonyl (C=O) groups is 4. The maximum atomic E-state index is 13.5. The maximum absolute atomic E-state index is 13.5. The van der Waals surface area contributed by atoms with Crippen LogP contribution in [0.5, 0.6) is 0 Å². The second-order valence-electron chi connectivity index (χ2n) is 15.1. The highest BCUT2D eigenvalue weighted by atomic mass is 16.6. The molecule has 2 saturated heterocycles. The molecule has 14 heteroatoms. The largest absolute Gasteiger partial charge is 0.465 e. The summed E-state index contributed by atoms with van der Waals surface area (Å²) in [4.78, 5) is 54.2. The van der Waals surface area contributed by atoms with E-state index < -0.39 is 59.6 Å². The van der Waals surface area contributed by atoms with Crippen LogP contribution in [0.3, 0.4) is 0 Å². The highest BCUT2D eigenvalue weighted by molar-refractivity contribution is 5.72. The smallest absolute Gasteiger partial charge is 0.410 e. The van der Waals surface area contributed by atoms with Crippen LogP contribution in [-0.2, 0) is 38.1 Å². The molecule has 53 heavy (non-hydrogen) atoms. The number of hydrogen-bond donors (Lipinski definition) is 3. The van der Waals surface area contributed by atoms with E-state index >= 15 is 0 Å². The van der Waals surface area contributed by atoms with Crippen molar-refractivity contribution in [3.05, 3.63) is 36.0 Å². The first-order valence-corrected chi connectivity index (χ1v) is 18.9. The van der Waals surface area contributed by atoms with E-state index in [1.54, 1.807) is 58.1 Å². The van der Waals surface area contributed by atoms with Gasteiger partial charge in [0.1, 0.15) is 11.7 Å². The van der Waals surface area contributed by atoms with Gasteiger partial charge in [-0.3, -0.25) is 19.3 Å². The van der Waals surface area contributed by atoms with Gasteiger partial charge in [-0.25, -0.2) is 4.79 Å². The molecule has 0 saturated carbocycles. The Bertz CT molecular complexity index is 1340. The molecule has 2 fully saturated rings. The summed E-state index contributed by atoms with van der Waals surface area (Å²) < 4.78 is 28.5. The standard InChI is InChI=1S/C39H62N2O12/c1-9-30(44)27(5)36-31(50-36)23-38(7,48)16-11-12-25(3)35-26(4)13-14-32(39(8,53-28(6)42)17-15-29(43)22-33(45)52-35)51-37(47)41-20-18-40(19-21-41)24-34(46)49-10-2/h11-14,16,26-27,29-32,35-36,43-44,48H,9-10,15,17-24H2,1-8H3/b14-13-,16-11+,25-12+/t26-,27+,29+,30-,31+,32-,35+,36+,38-,39+/m0/s1. The summed E-state index contributed by atoms with van der Waals surface area (Å²) in [6.45, 7) is 15.7. The molecule has 3 aliphatic rings. The molecular weight excluding hydrogens is 688 g/mol. The normalized spacial score (nSPS) is 31.9. The van der Waals surface area contributed by atoms with Gasteiger partial charge in [0.2, 0.25) is 0 Å². The Hall–Kier alpha value is -3.30. The van der Waals surface area contributed by atoms with Gasteiger partial charge in [-0.05, 0) is 58.6 Å². The summed E-state index contributed by atoms with van der Waals surface area (Å²) in [5.41, 5.74) is -1.91. The van der Waals surface area contributed by atoms with E-state index in [4.69, 9.17) is 23.7 Å². The van der Waals surface area contributed by atoms with E-state index in [2.05, 4.69) is 0 Å². The second-order valence-corrected chi connectivity index (χ2v) is 15.1. The monoisotopic (exact) mass is 750 g/mol. The summed E-state index contributed by atoms with van der Waals surface area (Å²) in [6, 6.07) is 0. The van der Waals surface area contributed by atoms with Crippen LogP contribution in [0.4, 0.5) is 4.79 Å². The van der Waals surface area contributed by atoms with E-state index in [0.29, 0.717) is 51.2 Å². The van der Waals surface area contributed by atoms with Gasteiger partial charge < -0.3 is 43.9 Å². The van der Waals surface area contributed by atoms with Crippen molar-refractivity contribution in [2.24, 2.45) is 11.8 Å². The molecular formula is C39H62N2O12. The van der Waals surface area contributed by atoms with Gasteiger partial charge >= 0.3 is 24.0 Å². The van der Waals surface area contributed by atoms with Crippen LogP contribution >= 0.6 is 0 Å². The van der Waals surface area contributed by atoms with Gasteiger partial charge in [0.25, 0.3) is 0 Å². The van der Waals surface area contributed by atoms with Crippen molar-refractivity contribution in [3.8, 4) is 0 Å². The van der Waals surface area contributed by atoms with E-state index in [0.717, 1.165) is 0 Å². The number of aliphatic hydroxyl groups excluding tert-OH is 2. The van der Waals surface area contributed by atoms with Gasteiger partial charge in [-0.1, -0.05) is 45.1 Å². The minimum absolute atomic E-state index is 0.0365. The molecule has 3 aliphatic heterocycles. The zero-order valence-electron chi connectivity index (χ0n) is 32.7. The first kappa shape index (κ1) is 44.1. The number of cyclic esters (lactones) is 1. The molecule has 0 aliphatic carbocycles. The quantitative estimate of drug-likeness (QED) is 0.0819. The third kappa shape index (κ3) is 13.8. The average Bonchev–Trinajstić information content (AvgIpc) is 3.84. The number of epoxide rings is 1. The van der Waals surface area contributed by atoms with Crippen LogP contribution in [0, 0.1) is 11.8 Å². The molecule has 0 aromatic rings. The van der Waals surface area contributed by atoms with Gasteiger partial charge in [-0.15, -0.1) is 0 Å². The molecule has 0 bridgehead atoms. The molecule has 0 radical (unpaired) electrons. The third-order valence-corrected chi connectivity index (χ3v) is 10.2. The Morgan fingerprint density at radius 3 is 2.45 bits per heavy atom. The van der Waals surface area contributed by atoms with Crippen molar-refractivity contribution in [1.29, 1.82) is 0 Å². The van der Waals surface area contributed by atoms with E-state index in [1.807, 2.05) is 25.7 Å². The molecule has 0 unspecified atom stereocenters. The number of hydrogen-bond acceptors (Lipinski definition) is 13. The number of amides is 1.